The molecular formula is C11H11N3O3. The molecular weight excluding hydrogens is 222 g/mol. The largest absolute Gasteiger partial charge is 0.382 e. The van der Waals surface area contributed by atoms with Crippen LogP contribution in [0.5, 0.6) is 0 Å². The van der Waals surface area contributed by atoms with Crippen molar-refractivity contribution in [3.8, 4) is 0 Å². The minimum atomic E-state index is -0.934. The average molecular weight is 233 g/mol. The molecule has 0 radical (unpaired) electrons. The first-order valence-electron chi connectivity index (χ1n) is 5.01. The maximum Gasteiger partial charge on any atom is 0.272 e. The number of aromatic nitrogens is 2. The molecule has 0 amide bonds. The molecule has 1 aromatic carbocycles. The molecule has 0 aliphatic heterocycles. The number of aryl methyl sites for hydroxylation is 1. The number of nitrogens with zero attached hydrogens (tertiary/aromatic N) is 2. The normalized spacial score (nSPS) is 12.4. The number of nitro groups is 1. The van der Waals surface area contributed by atoms with E-state index >= 15 is 0 Å². The molecule has 0 saturated carbocycles. The molecule has 6 nitrogen and oxygen atoms in total. The van der Waals surface area contributed by atoms with Gasteiger partial charge in [-0.3, -0.25) is 10.1 Å². The number of imidazole rings is 1. The Morgan fingerprint density at radius 3 is 2.88 bits per heavy atom. The van der Waals surface area contributed by atoms with E-state index in [1.54, 1.807) is 19.1 Å². The van der Waals surface area contributed by atoms with E-state index in [2.05, 4.69) is 9.97 Å². The lowest BCUT2D eigenvalue weighted by Crippen LogP contribution is -2.02. The summed E-state index contributed by atoms with van der Waals surface area (Å²) in [4.78, 5) is 16.9. The first kappa shape index (κ1) is 11.3. The van der Waals surface area contributed by atoms with Gasteiger partial charge in [0, 0.05) is 11.6 Å². The number of nitrogens with one attached hydrogen (secondary N) is 1. The highest BCUT2D eigenvalue weighted by Crippen LogP contribution is 2.26. The zero-order valence-corrected chi connectivity index (χ0v) is 9.12. The molecule has 88 valence electrons. The molecule has 0 aliphatic rings. The molecule has 0 bridgehead atoms. The molecule has 6 heteroatoms. The molecule has 17 heavy (non-hydrogen) atoms. The van der Waals surface area contributed by atoms with Gasteiger partial charge in [-0.2, -0.15) is 0 Å². The Hall–Kier alpha value is -2.21. The summed E-state index contributed by atoms with van der Waals surface area (Å²) < 4.78 is 0. The van der Waals surface area contributed by atoms with Crippen LogP contribution in [-0.2, 0) is 0 Å². The van der Waals surface area contributed by atoms with Gasteiger partial charge in [0.1, 0.15) is 6.10 Å². The summed E-state index contributed by atoms with van der Waals surface area (Å²) in [6, 6.07) is 4.65. The number of H-pyrrole nitrogens is 1. The van der Waals surface area contributed by atoms with Crippen molar-refractivity contribution in [2.24, 2.45) is 0 Å². The first-order chi connectivity index (χ1) is 8.09. The van der Waals surface area contributed by atoms with Gasteiger partial charge < -0.3 is 10.1 Å². The molecule has 0 aliphatic carbocycles. The Morgan fingerprint density at radius 1 is 1.53 bits per heavy atom. The number of rotatable bonds is 3. The number of aromatic amines is 1. The molecule has 2 N–H and O–H groups in total. The molecule has 0 saturated heterocycles. The third-order valence-corrected chi connectivity index (χ3v) is 2.56. The molecule has 1 atom stereocenters. The van der Waals surface area contributed by atoms with Crippen molar-refractivity contribution in [3.05, 3.63) is 57.7 Å². The van der Waals surface area contributed by atoms with Crippen molar-refractivity contribution >= 4 is 5.69 Å². The number of benzene rings is 1. The highest BCUT2D eigenvalue weighted by molar-refractivity contribution is 5.44. The fourth-order valence-electron chi connectivity index (χ4n) is 1.59. The minimum Gasteiger partial charge on any atom is -0.382 e. The summed E-state index contributed by atoms with van der Waals surface area (Å²) in [6.07, 6.45) is 1.99. The van der Waals surface area contributed by atoms with E-state index in [4.69, 9.17) is 0 Å². The third kappa shape index (κ3) is 2.16. The average Bonchev–Trinajstić information content (AvgIpc) is 2.81. The van der Waals surface area contributed by atoms with Gasteiger partial charge in [-0.1, -0.05) is 12.1 Å². The van der Waals surface area contributed by atoms with E-state index in [0.29, 0.717) is 16.8 Å². The number of hydrogen-bond donors (Lipinski definition) is 2. The van der Waals surface area contributed by atoms with Gasteiger partial charge in [-0.05, 0) is 12.5 Å². The second-order valence-corrected chi connectivity index (χ2v) is 3.71. The van der Waals surface area contributed by atoms with E-state index in [-0.39, 0.29) is 5.69 Å². The van der Waals surface area contributed by atoms with Crippen LogP contribution in [0.4, 0.5) is 5.69 Å². The summed E-state index contributed by atoms with van der Waals surface area (Å²) in [6.45, 7) is 1.66. The summed E-state index contributed by atoms with van der Waals surface area (Å²) in [5, 5.41) is 20.8. The molecule has 1 heterocycles. The number of nitro benzene ring substituents is 1. The Kier molecular flexibility index (Phi) is 2.88. The molecule has 1 unspecified atom stereocenters. The molecule has 1 aromatic heterocycles. The van der Waals surface area contributed by atoms with E-state index in [1.807, 2.05) is 0 Å². The van der Waals surface area contributed by atoms with Crippen LogP contribution >= 0.6 is 0 Å². The van der Waals surface area contributed by atoms with E-state index in [9.17, 15) is 15.2 Å². The molecule has 2 rings (SSSR count). The van der Waals surface area contributed by atoms with Crippen molar-refractivity contribution < 1.29 is 10.0 Å². The predicted molar refractivity (Wildman–Crippen MR) is 60.5 cm³/mol. The SMILES string of the molecule is Cc1ccc(C(O)c2cnc[nH]2)cc1[N+](=O)[O-]. The fraction of sp³-hybridized carbons (Fsp3) is 0.182. The van der Waals surface area contributed by atoms with Gasteiger partial charge in [0.15, 0.2) is 0 Å². The van der Waals surface area contributed by atoms with E-state index < -0.39 is 11.0 Å². The highest BCUT2D eigenvalue weighted by atomic mass is 16.6. The Balaban J connectivity index is 2.40. The topological polar surface area (TPSA) is 92.1 Å². The molecule has 0 spiro atoms. The number of aliphatic hydroxyl groups excluding tert-OH is 1. The summed E-state index contributed by atoms with van der Waals surface area (Å²) in [5.41, 5.74) is 1.53. The Morgan fingerprint density at radius 2 is 2.29 bits per heavy atom. The summed E-state index contributed by atoms with van der Waals surface area (Å²) in [7, 11) is 0. The highest BCUT2D eigenvalue weighted by Gasteiger charge is 2.17. The van der Waals surface area contributed by atoms with Crippen LogP contribution < -0.4 is 0 Å². The minimum absolute atomic E-state index is 0.000986. The maximum absolute atomic E-state index is 10.8. The molecule has 0 fully saturated rings. The van der Waals surface area contributed by atoms with Crippen molar-refractivity contribution in [1.29, 1.82) is 0 Å². The van der Waals surface area contributed by atoms with Gasteiger partial charge >= 0.3 is 0 Å². The quantitative estimate of drug-likeness (QED) is 0.623. The monoisotopic (exact) mass is 233 g/mol. The zero-order valence-electron chi connectivity index (χ0n) is 9.12. The first-order valence-corrected chi connectivity index (χ1v) is 5.01. The van der Waals surface area contributed by atoms with Crippen LogP contribution in [0.2, 0.25) is 0 Å². The van der Waals surface area contributed by atoms with Crippen molar-refractivity contribution in [1.82, 2.24) is 9.97 Å². The van der Waals surface area contributed by atoms with Crippen molar-refractivity contribution in [3.63, 3.8) is 0 Å². The van der Waals surface area contributed by atoms with E-state index in [0.717, 1.165) is 0 Å². The van der Waals surface area contributed by atoms with Gasteiger partial charge in [0.25, 0.3) is 5.69 Å². The van der Waals surface area contributed by atoms with Gasteiger partial charge in [-0.25, -0.2) is 4.98 Å². The maximum atomic E-state index is 10.8. The standard InChI is InChI=1S/C11H11N3O3/c1-7-2-3-8(4-10(7)14(16)17)11(15)9-5-12-6-13-9/h2-6,11,15H,1H3,(H,12,13). The fourth-order valence-corrected chi connectivity index (χ4v) is 1.59. The van der Waals surface area contributed by atoms with Crippen LogP contribution in [0.3, 0.4) is 0 Å². The van der Waals surface area contributed by atoms with Gasteiger partial charge in [0.2, 0.25) is 0 Å². The van der Waals surface area contributed by atoms with Gasteiger partial charge in [0.05, 0.1) is 23.1 Å². The lowest BCUT2D eigenvalue weighted by Gasteiger charge is -2.09. The van der Waals surface area contributed by atoms with Gasteiger partial charge in [-0.15, -0.1) is 0 Å². The lowest BCUT2D eigenvalue weighted by atomic mass is 10.0. The number of aliphatic hydroxyl groups is 1. The zero-order chi connectivity index (χ0) is 12.4. The van der Waals surface area contributed by atoms with E-state index in [1.165, 1.54) is 18.6 Å². The Labute approximate surface area is 97.1 Å². The number of hydrogen-bond acceptors (Lipinski definition) is 4. The van der Waals surface area contributed by atoms with Crippen LogP contribution in [0.25, 0.3) is 0 Å². The Bertz CT molecular complexity index is 537. The smallest absolute Gasteiger partial charge is 0.272 e. The van der Waals surface area contributed by atoms with Crippen molar-refractivity contribution in [2.75, 3.05) is 0 Å². The van der Waals surface area contributed by atoms with Crippen LogP contribution in [0.1, 0.15) is 22.9 Å². The van der Waals surface area contributed by atoms with Crippen LogP contribution in [0.15, 0.2) is 30.7 Å². The summed E-state index contributed by atoms with van der Waals surface area (Å²) >= 11 is 0. The lowest BCUT2D eigenvalue weighted by molar-refractivity contribution is -0.385. The van der Waals surface area contributed by atoms with Crippen LogP contribution in [-0.4, -0.2) is 20.0 Å². The summed E-state index contributed by atoms with van der Waals surface area (Å²) in [5.74, 6) is 0. The second-order valence-electron chi connectivity index (χ2n) is 3.71. The third-order valence-electron chi connectivity index (χ3n) is 2.56. The second kappa shape index (κ2) is 4.34. The molecule has 2 aromatic rings. The van der Waals surface area contributed by atoms with Crippen molar-refractivity contribution in [2.45, 2.75) is 13.0 Å². The predicted octanol–water partition coefficient (Wildman–Crippen LogP) is 1.71. The van der Waals surface area contributed by atoms with Crippen LogP contribution in [0, 0.1) is 17.0 Å².